The van der Waals surface area contributed by atoms with Crippen molar-refractivity contribution < 1.29 is 9.13 Å². The maximum absolute atomic E-state index is 14.3. The Morgan fingerprint density at radius 2 is 2.26 bits per heavy atom. The van der Waals surface area contributed by atoms with Gasteiger partial charge in [0.1, 0.15) is 0 Å². The van der Waals surface area contributed by atoms with Gasteiger partial charge < -0.3 is 10.1 Å². The first-order valence-electron chi connectivity index (χ1n) is 6.21. The molecule has 1 N–H and O–H groups in total. The molecule has 19 heavy (non-hydrogen) atoms. The highest BCUT2D eigenvalue weighted by Gasteiger charge is 2.20. The predicted octanol–water partition coefficient (Wildman–Crippen LogP) is 2.27. The van der Waals surface area contributed by atoms with E-state index in [1.165, 1.54) is 7.11 Å². The Morgan fingerprint density at radius 1 is 1.47 bits per heavy atom. The van der Waals surface area contributed by atoms with E-state index < -0.39 is 0 Å². The predicted molar refractivity (Wildman–Crippen MR) is 71.7 cm³/mol. The molecule has 0 spiro atoms. The molecule has 4 nitrogen and oxygen atoms in total. The fourth-order valence-corrected chi connectivity index (χ4v) is 2.11. The van der Waals surface area contributed by atoms with E-state index in [1.807, 2.05) is 20.2 Å². The van der Waals surface area contributed by atoms with Gasteiger partial charge in [0.05, 0.1) is 19.3 Å². The van der Waals surface area contributed by atoms with E-state index in [4.69, 9.17) is 4.74 Å². The molecule has 0 aliphatic carbocycles. The largest absolute Gasteiger partial charge is 0.494 e. The van der Waals surface area contributed by atoms with Gasteiger partial charge >= 0.3 is 0 Å². The maximum atomic E-state index is 14.3. The number of nitrogens with zero attached hydrogens (tertiary/aromatic N) is 2. The molecule has 2 rings (SSSR count). The van der Waals surface area contributed by atoms with Gasteiger partial charge in [-0.1, -0.05) is 19.1 Å². The molecule has 0 saturated heterocycles. The van der Waals surface area contributed by atoms with Gasteiger partial charge in [-0.15, -0.1) is 0 Å². The molecule has 1 unspecified atom stereocenters. The Morgan fingerprint density at radius 3 is 2.84 bits per heavy atom. The van der Waals surface area contributed by atoms with Crippen LogP contribution >= 0.6 is 0 Å². The number of benzene rings is 1. The molecule has 0 fully saturated rings. The van der Waals surface area contributed by atoms with Crippen molar-refractivity contribution in [1.82, 2.24) is 15.1 Å². The first-order valence-corrected chi connectivity index (χ1v) is 6.21. The van der Waals surface area contributed by atoms with Gasteiger partial charge in [-0.3, -0.25) is 4.68 Å². The molecule has 2 aromatic rings. The Balaban J connectivity index is 2.44. The van der Waals surface area contributed by atoms with Crippen LogP contribution in [0.25, 0.3) is 0 Å². The highest BCUT2D eigenvalue weighted by Crippen LogP contribution is 2.28. The lowest BCUT2D eigenvalue weighted by molar-refractivity contribution is 0.381. The van der Waals surface area contributed by atoms with E-state index in [1.54, 1.807) is 29.1 Å². The summed E-state index contributed by atoms with van der Waals surface area (Å²) in [6.45, 7) is 2.72. The molecule has 0 saturated carbocycles. The number of halogens is 1. The normalized spacial score (nSPS) is 12.4. The zero-order chi connectivity index (χ0) is 13.8. The summed E-state index contributed by atoms with van der Waals surface area (Å²) < 4.78 is 21.1. The van der Waals surface area contributed by atoms with Crippen LogP contribution in [0, 0.1) is 5.82 Å². The van der Waals surface area contributed by atoms with Crippen LogP contribution in [0.5, 0.6) is 5.75 Å². The van der Waals surface area contributed by atoms with Gasteiger partial charge in [0, 0.05) is 24.4 Å². The average molecular weight is 263 g/mol. The standard InChI is InChI=1S/C14H18FN3O/c1-4-16-14(10-8-17-18(2)9-10)11-6-5-7-12(19-3)13(11)15/h5-9,14,16H,4H2,1-3H3. The van der Waals surface area contributed by atoms with E-state index in [9.17, 15) is 4.39 Å². The molecule has 102 valence electrons. The summed E-state index contributed by atoms with van der Waals surface area (Å²) in [5, 5.41) is 7.41. The summed E-state index contributed by atoms with van der Waals surface area (Å²) in [4.78, 5) is 0. The molecule has 1 aromatic carbocycles. The summed E-state index contributed by atoms with van der Waals surface area (Å²) in [5.74, 6) is -0.0795. The van der Waals surface area contributed by atoms with E-state index in [0.717, 1.165) is 12.1 Å². The number of ether oxygens (including phenoxy) is 1. The van der Waals surface area contributed by atoms with Crippen molar-refractivity contribution in [2.45, 2.75) is 13.0 Å². The number of aromatic nitrogens is 2. The van der Waals surface area contributed by atoms with E-state index in [-0.39, 0.29) is 17.6 Å². The third-order valence-electron chi connectivity index (χ3n) is 2.99. The third-order valence-corrected chi connectivity index (χ3v) is 2.99. The second-order valence-electron chi connectivity index (χ2n) is 4.30. The molecule has 0 radical (unpaired) electrons. The number of methoxy groups -OCH3 is 1. The van der Waals surface area contributed by atoms with Crippen molar-refractivity contribution in [1.29, 1.82) is 0 Å². The monoisotopic (exact) mass is 263 g/mol. The first kappa shape index (κ1) is 13.5. The summed E-state index contributed by atoms with van der Waals surface area (Å²) in [5.41, 5.74) is 1.49. The lowest BCUT2D eigenvalue weighted by Crippen LogP contribution is -2.22. The Bertz CT molecular complexity index is 553. The lowest BCUT2D eigenvalue weighted by Gasteiger charge is -2.18. The molecule has 5 heteroatoms. The molecule has 1 heterocycles. The van der Waals surface area contributed by atoms with Gasteiger partial charge in [0.15, 0.2) is 11.6 Å². The van der Waals surface area contributed by atoms with Crippen LogP contribution in [-0.4, -0.2) is 23.4 Å². The SMILES string of the molecule is CCNC(c1cnn(C)c1)c1cccc(OC)c1F. The fraction of sp³-hybridized carbons (Fsp3) is 0.357. The van der Waals surface area contributed by atoms with Crippen molar-refractivity contribution in [3.63, 3.8) is 0 Å². The molecule has 0 bridgehead atoms. The van der Waals surface area contributed by atoms with Crippen LogP contribution in [0.3, 0.4) is 0 Å². The Labute approximate surface area is 112 Å². The molecule has 0 aliphatic heterocycles. The van der Waals surface area contributed by atoms with Crippen molar-refractivity contribution in [3.8, 4) is 5.75 Å². The van der Waals surface area contributed by atoms with Gasteiger partial charge in [-0.05, 0) is 12.6 Å². The van der Waals surface area contributed by atoms with Crippen molar-refractivity contribution in [3.05, 3.63) is 47.5 Å². The number of aryl methyl sites for hydroxylation is 1. The summed E-state index contributed by atoms with van der Waals surface area (Å²) >= 11 is 0. The molecule has 0 amide bonds. The second-order valence-corrected chi connectivity index (χ2v) is 4.30. The first-order chi connectivity index (χ1) is 9.17. The Hall–Kier alpha value is -1.88. The van der Waals surface area contributed by atoms with Crippen LogP contribution in [0.4, 0.5) is 4.39 Å². The van der Waals surface area contributed by atoms with Crippen LogP contribution in [0.2, 0.25) is 0 Å². The van der Waals surface area contributed by atoms with Crippen molar-refractivity contribution >= 4 is 0 Å². The highest BCUT2D eigenvalue weighted by atomic mass is 19.1. The van der Waals surface area contributed by atoms with E-state index in [0.29, 0.717) is 5.56 Å². The van der Waals surface area contributed by atoms with Crippen LogP contribution in [-0.2, 0) is 7.05 Å². The quantitative estimate of drug-likeness (QED) is 0.899. The molecular formula is C14H18FN3O. The minimum atomic E-state index is -0.334. The van der Waals surface area contributed by atoms with Crippen LogP contribution < -0.4 is 10.1 Å². The molecular weight excluding hydrogens is 245 g/mol. The van der Waals surface area contributed by atoms with E-state index >= 15 is 0 Å². The average Bonchev–Trinajstić information content (AvgIpc) is 2.83. The molecule has 1 atom stereocenters. The smallest absolute Gasteiger partial charge is 0.170 e. The van der Waals surface area contributed by atoms with Crippen LogP contribution in [0.15, 0.2) is 30.6 Å². The van der Waals surface area contributed by atoms with Gasteiger partial charge in [-0.2, -0.15) is 5.10 Å². The summed E-state index contributed by atoms with van der Waals surface area (Å²) in [6, 6.07) is 4.94. The minimum Gasteiger partial charge on any atom is -0.494 e. The lowest BCUT2D eigenvalue weighted by atomic mass is 10.0. The number of hydrogen-bond donors (Lipinski definition) is 1. The summed E-state index contributed by atoms with van der Waals surface area (Å²) in [7, 11) is 3.31. The zero-order valence-electron chi connectivity index (χ0n) is 11.4. The van der Waals surface area contributed by atoms with Crippen molar-refractivity contribution in [2.75, 3.05) is 13.7 Å². The van der Waals surface area contributed by atoms with Gasteiger partial charge in [0.25, 0.3) is 0 Å². The van der Waals surface area contributed by atoms with Gasteiger partial charge in [0.2, 0.25) is 0 Å². The van der Waals surface area contributed by atoms with Crippen LogP contribution in [0.1, 0.15) is 24.1 Å². The van der Waals surface area contributed by atoms with Crippen molar-refractivity contribution in [2.24, 2.45) is 7.05 Å². The number of hydrogen-bond acceptors (Lipinski definition) is 3. The highest BCUT2D eigenvalue weighted by molar-refractivity contribution is 5.37. The van der Waals surface area contributed by atoms with E-state index in [2.05, 4.69) is 10.4 Å². The van der Waals surface area contributed by atoms with Gasteiger partial charge in [-0.25, -0.2) is 4.39 Å². The summed E-state index contributed by atoms with van der Waals surface area (Å²) in [6.07, 6.45) is 3.62. The Kier molecular flexibility index (Phi) is 4.16. The molecule has 0 aliphatic rings. The maximum Gasteiger partial charge on any atom is 0.170 e. The number of nitrogens with one attached hydrogen (secondary N) is 1. The third kappa shape index (κ3) is 2.76. The second kappa shape index (κ2) is 5.84. The topological polar surface area (TPSA) is 39.1 Å². The molecule has 1 aromatic heterocycles. The minimum absolute atomic E-state index is 0.228. The number of rotatable bonds is 5. The zero-order valence-corrected chi connectivity index (χ0v) is 11.4. The fourth-order valence-electron chi connectivity index (χ4n) is 2.11.